The summed E-state index contributed by atoms with van der Waals surface area (Å²) in [6.07, 6.45) is 1.30. The minimum Gasteiger partial charge on any atom is -0.493 e. The Labute approximate surface area is 187 Å². The van der Waals surface area contributed by atoms with Crippen LogP contribution in [0.3, 0.4) is 0 Å². The van der Waals surface area contributed by atoms with Gasteiger partial charge in [0.25, 0.3) is 0 Å². The third kappa shape index (κ3) is 5.26. The molecule has 3 rings (SSSR count). The standard InChI is InChI=1S/C24H20ClNO4S/c1-17-5-3-4-6-19(17)16-30-23-12-7-18(14-24(23)29-2)13-22(15-26)31(27,28)21-10-8-20(25)9-11-21/h3-14H,16H2,1-2H3. The van der Waals surface area contributed by atoms with Crippen LogP contribution < -0.4 is 9.47 Å². The first-order chi connectivity index (χ1) is 14.8. The van der Waals surface area contributed by atoms with E-state index in [4.69, 9.17) is 21.1 Å². The molecule has 7 heteroatoms. The van der Waals surface area contributed by atoms with Crippen molar-refractivity contribution in [1.82, 2.24) is 0 Å². The van der Waals surface area contributed by atoms with Gasteiger partial charge in [-0.05, 0) is 66.1 Å². The predicted molar refractivity (Wildman–Crippen MR) is 121 cm³/mol. The molecule has 0 radical (unpaired) electrons. The van der Waals surface area contributed by atoms with E-state index >= 15 is 0 Å². The largest absolute Gasteiger partial charge is 0.493 e. The van der Waals surface area contributed by atoms with Crippen molar-refractivity contribution < 1.29 is 17.9 Å². The SMILES string of the molecule is COc1cc(C=C(C#N)S(=O)(=O)c2ccc(Cl)cc2)ccc1OCc1ccccc1C. The fraction of sp³-hybridized carbons (Fsp3) is 0.125. The Bertz CT molecular complexity index is 1260. The van der Waals surface area contributed by atoms with Gasteiger partial charge in [-0.3, -0.25) is 0 Å². The highest BCUT2D eigenvalue weighted by atomic mass is 35.5. The van der Waals surface area contributed by atoms with Crippen molar-refractivity contribution in [3.8, 4) is 17.6 Å². The predicted octanol–water partition coefficient (Wildman–Crippen LogP) is 5.57. The first-order valence-electron chi connectivity index (χ1n) is 9.33. The number of benzene rings is 3. The van der Waals surface area contributed by atoms with Crippen LogP contribution in [0.2, 0.25) is 5.02 Å². The molecule has 158 valence electrons. The van der Waals surface area contributed by atoms with Gasteiger partial charge < -0.3 is 9.47 Å². The molecule has 0 spiro atoms. The van der Waals surface area contributed by atoms with Crippen molar-refractivity contribution in [2.24, 2.45) is 0 Å². The van der Waals surface area contributed by atoms with Crippen LogP contribution in [0.25, 0.3) is 6.08 Å². The second kappa shape index (κ2) is 9.69. The first kappa shape index (κ1) is 22.4. The number of nitriles is 1. The molecule has 0 N–H and O–H groups in total. The van der Waals surface area contributed by atoms with Gasteiger partial charge in [-0.1, -0.05) is 41.9 Å². The van der Waals surface area contributed by atoms with Crippen LogP contribution in [0.4, 0.5) is 0 Å². The highest BCUT2D eigenvalue weighted by Gasteiger charge is 2.21. The summed E-state index contributed by atoms with van der Waals surface area (Å²) in [7, 11) is -2.48. The molecule has 0 aromatic heterocycles. The number of rotatable bonds is 7. The Morgan fingerprint density at radius 2 is 1.77 bits per heavy atom. The molecular formula is C24H20ClNO4S. The molecule has 0 saturated heterocycles. The summed E-state index contributed by atoms with van der Waals surface area (Å²) in [5, 5.41) is 9.89. The second-order valence-corrected chi connectivity index (χ2v) is 9.06. The Balaban J connectivity index is 1.88. The van der Waals surface area contributed by atoms with Crippen molar-refractivity contribution in [2.75, 3.05) is 7.11 Å². The van der Waals surface area contributed by atoms with E-state index in [-0.39, 0.29) is 9.80 Å². The lowest BCUT2D eigenvalue weighted by Crippen LogP contribution is -2.03. The molecule has 0 unspecified atom stereocenters. The number of methoxy groups -OCH3 is 1. The quantitative estimate of drug-likeness (QED) is 0.437. The lowest BCUT2D eigenvalue weighted by molar-refractivity contribution is 0.284. The number of aryl methyl sites for hydroxylation is 1. The maximum absolute atomic E-state index is 12.8. The average molecular weight is 454 g/mol. The number of halogens is 1. The summed E-state index contributed by atoms with van der Waals surface area (Å²) in [5.41, 5.74) is 2.66. The molecule has 0 saturated carbocycles. The summed E-state index contributed by atoms with van der Waals surface area (Å²) in [4.78, 5) is -0.389. The summed E-state index contributed by atoms with van der Waals surface area (Å²) >= 11 is 5.83. The highest BCUT2D eigenvalue weighted by molar-refractivity contribution is 7.95. The first-order valence-corrected chi connectivity index (χ1v) is 11.2. The Morgan fingerprint density at radius 1 is 1.06 bits per heavy atom. The smallest absolute Gasteiger partial charge is 0.216 e. The van der Waals surface area contributed by atoms with Crippen LogP contribution in [0, 0.1) is 18.3 Å². The monoisotopic (exact) mass is 453 g/mol. The molecule has 0 heterocycles. The van der Waals surface area contributed by atoms with Crippen LogP contribution >= 0.6 is 11.6 Å². The van der Waals surface area contributed by atoms with E-state index in [0.29, 0.717) is 28.7 Å². The molecule has 0 amide bonds. The molecule has 0 atom stereocenters. The average Bonchev–Trinajstić information content (AvgIpc) is 2.77. The number of sulfone groups is 1. The number of ether oxygens (including phenoxy) is 2. The molecule has 3 aromatic carbocycles. The maximum atomic E-state index is 12.8. The van der Waals surface area contributed by atoms with Crippen LogP contribution in [-0.4, -0.2) is 15.5 Å². The van der Waals surface area contributed by atoms with Crippen LogP contribution in [-0.2, 0) is 16.4 Å². The van der Waals surface area contributed by atoms with Gasteiger partial charge in [-0.25, -0.2) is 8.42 Å². The molecule has 0 aliphatic rings. The number of nitrogens with zero attached hydrogens (tertiary/aromatic N) is 1. The normalized spacial score (nSPS) is 11.6. The number of hydrogen-bond acceptors (Lipinski definition) is 5. The molecule has 0 aliphatic heterocycles. The van der Waals surface area contributed by atoms with Gasteiger partial charge in [-0.15, -0.1) is 0 Å². The fourth-order valence-corrected chi connectivity index (χ4v) is 4.17. The van der Waals surface area contributed by atoms with Gasteiger partial charge in [0.15, 0.2) is 11.5 Å². The van der Waals surface area contributed by atoms with Crippen molar-refractivity contribution in [1.29, 1.82) is 5.26 Å². The molecule has 0 fully saturated rings. The van der Waals surface area contributed by atoms with Crippen molar-refractivity contribution in [3.63, 3.8) is 0 Å². The minimum absolute atomic E-state index is 0.00477. The summed E-state index contributed by atoms with van der Waals surface area (Å²) in [6.45, 7) is 2.38. The van der Waals surface area contributed by atoms with E-state index in [9.17, 15) is 13.7 Å². The minimum atomic E-state index is -3.98. The Morgan fingerprint density at radius 3 is 2.42 bits per heavy atom. The van der Waals surface area contributed by atoms with Crippen molar-refractivity contribution in [3.05, 3.63) is 93.3 Å². The number of hydrogen-bond donors (Lipinski definition) is 0. The van der Waals surface area contributed by atoms with Crippen LogP contribution in [0.15, 0.2) is 76.5 Å². The third-order valence-corrected chi connectivity index (χ3v) is 6.59. The molecule has 3 aromatic rings. The van der Waals surface area contributed by atoms with Gasteiger partial charge in [-0.2, -0.15) is 5.26 Å². The Hall–Kier alpha value is -3.27. The van der Waals surface area contributed by atoms with Gasteiger partial charge >= 0.3 is 0 Å². The third-order valence-electron chi connectivity index (χ3n) is 4.65. The van der Waals surface area contributed by atoms with Gasteiger partial charge in [0.2, 0.25) is 9.84 Å². The van der Waals surface area contributed by atoms with Crippen LogP contribution in [0.5, 0.6) is 11.5 Å². The molecule has 5 nitrogen and oxygen atoms in total. The maximum Gasteiger partial charge on any atom is 0.216 e. The van der Waals surface area contributed by atoms with Gasteiger partial charge in [0, 0.05) is 5.02 Å². The zero-order valence-corrected chi connectivity index (χ0v) is 18.6. The number of allylic oxidation sites excluding steroid dienone is 1. The van der Waals surface area contributed by atoms with Crippen LogP contribution in [0.1, 0.15) is 16.7 Å². The molecule has 31 heavy (non-hydrogen) atoms. The Kier molecular flexibility index (Phi) is 7.01. The van der Waals surface area contributed by atoms with Crippen molar-refractivity contribution in [2.45, 2.75) is 18.4 Å². The van der Waals surface area contributed by atoms with E-state index in [1.807, 2.05) is 31.2 Å². The van der Waals surface area contributed by atoms with E-state index in [1.165, 1.54) is 37.5 Å². The molecular weight excluding hydrogens is 434 g/mol. The molecule has 0 bridgehead atoms. The highest BCUT2D eigenvalue weighted by Crippen LogP contribution is 2.31. The van der Waals surface area contributed by atoms with E-state index in [2.05, 4.69) is 0 Å². The summed E-state index contributed by atoms with van der Waals surface area (Å²) in [5.74, 6) is 0.950. The summed E-state index contributed by atoms with van der Waals surface area (Å²) < 4.78 is 36.9. The lowest BCUT2D eigenvalue weighted by Gasteiger charge is -2.13. The van der Waals surface area contributed by atoms with Gasteiger partial charge in [0.1, 0.15) is 17.6 Å². The van der Waals surface area contributed by atoms with E-state index in [1.54, 1.807) is 24.3 Å². The lowest BCUT2D eigenvalue weighted by atomic mass is 10.1. The topological polar surface area (TPSA) is 76.4 Å². The summed E-state index contributed by atoms with van der Waals surface area (Å²) in [6, 6.07) is 20.3. The van der Waals surface area contributed by atoms with E-state index < -0.39 is 9.84 Å². The second-order valence-electron chi connectivity index (χ2n) is 6.70. The van der Waals surface area contributed by atoms with Crippen molar-refractivity contribution >= 4 is 27.5 Å². The zero-order valence-electron chi connectivity index (χ0n) is 17.0. The fourth-order valence-electron chi connectivity index (χ4n) is 2.88. The molecule has 0 aliphatic carbocycles. The zero-order chi connectivity index (χ0) is 22.4. The van der Waals surface area contributed by atoms with Gasteiger partial charge in [0.05, 0.1) is 12.0 Å². The van der Waals surface area contributed by atoms with E-state index in [0.717, 1.165) is 11.1 Å².